The molecule has 0 fully saturated rings. The Kier molecular flexibility index (Phi) is 3.65. The predicted octanol–water partition coefficient (Wildman–Crippen LogP) is 1.40. The Balaban J connectivity index is 2.60. The van der Waals surface area contributed by atoms with Crippen molar-refractivity contribution in [1.29, 1.82) is 5.41 Å². The largest absolute Gasteiger partial charge is 0.388 e. The summed E-state index contributed by atoms with van der Waals surface area (Å²) in [4.78, 5) is 1.73. The fourth-order valence-electron chi connectivity index (χ4n) is 1.18. The van der Waals surface area contributed by atoms with E-state index in [2.05, 4.69) is 0 Å². The van der Waals surface area contributed by atoms with E-state index in [9.17, 15) is 0 Å². The lowest BCUT2D eigenvalue weighted by molar-refractivity contribution is 0.329. The van der Waals surface area contributed by atoms with Crippen molar-refractivity contribution in [2.24, 2.45) is 0 Å². The van der Waals surface area contributed by atoms with Crippen molar-refractivity contribution in [3.8, 4) is 0 Å². The molecule has 1 aromatic rings. The molecule has 76 valence electrons. The zero-order valence-electron chi connectivity index (χ0n) is 8.62. The van der Waals surface area contributed by atoms with Crippen molar-refractivity contribution in [1.82, 2.24) is 4.90 Å². The second-order valence-corrected chi connectivity index (χ2v) is 3.45. The summed E-state index contributed by atoms with van der Waals surface area (Å²) in [7, 11) is 1.80. The summed E-state index contributed by atoms with van der Waals surface area (Å²) in [5.41, 5.74) is 2.38. The summed E-state index contributed by atoms with van der Waals surface area (Å²) < 4.78 is 0. The van der Waals surface area contributed by atoms with E-state index < -0.39 is 0 Å². The van der Waals surface area contributed by atoms with Gasteiger partial charge >= 0.3 is 0 Å². The van der Waals surface area contributed by atoms with E-state index in [0.29, 0.717) is 6.54 Å². The SMILES string of the molecule is Cc1ccc(CN(C)C(=N)CO)cc1. The number of aliphatic hydroxyl groups is 1. The molecule has 2 N–H and O–H groups in total. The van der Waals surface area contributed by atoms with E-state index in [1.54, 1.807) is 11.9 Å². The molecule has 0 aliphatic heterocycles. The van der Waals surface area contributed by atoms with Gasteiger partial charge < -0.3 is 10.0 Å². The Labute approximate surface area is 84.5 Å². The third kappa shape index (κ3) is 2.85. The predicted molar refractivity (Wildman–Crippen MR) is 57.5 cm³/mol. The van der Waals surface area contributed by atoms with Gasteiger partial charge in [-0.15, -0.1) is 0 Å². The van der Waals surface area contributed by atoms with E-state index >= 15 is 0 Å². The highest BCUT2D eigenvalue weighted by Gasteiger charge is 2.03. The standard InChI is InChI=1S/C11H16N2O/c1-9-3-5-10(6-4-9)7-13(2)11(12)8-14/h3-6,12,14H,7-8H2,1-2H3. The minimum Gasteiger partial charge on any atom is -0.388 e. The second-order valence-electron chi connectivity index (χ2n) is 3.45. The number of hydrogen-bond donors (Lipinski definition) is 2. The summed E-state index contributed by atoms with van der Waals surface area (Å²) in [6.07, 6.45) is 0. The number of benzene rings is 1. The maximum atomic E-state index is 8.76. The van der Waals surface area contributed by atoms with Gasteiger partial charge in [-0.1, -0.05) is 29.8 Å². The van der Waals surface area contributed by atoms with Crippen LogP contribution in [-0.4, -0.2) is 29.5 Å². The minimum atomic E-state index is -0.206. The first-order valence-electron chi connectivity index (χ1n) is 4.58. The summed E-state index contributed by atoms with van der Waals surface area (Å²) in [6.45, 7) is 2.51. The molecule has 0 amide bonds. The van der Waals surface area contributed by atoms with E-state index in [4.69, 9.17) is 10.5 Å². The van der Waals surface area contributed by atoms with Crippen molar-refractivity contribution in [2.45, 2.75) is 13.5 Å². The number of amidine groups is 1. The molecule has 0 saturated carbocycles. The van der Waals surface area contributed by atoms with Crippen molar-refractivity contribution < 1.29 is 5.11 Å². The first-order valence-corrected chi connectivity index (χ1v) is 4.58. The zero-order chi connectivity index (χ0) is 10.6. The summed E-state index contributed by atoms with van der Waals surface area (Å²) in [6, 6.07) is 8.17. The molecule has 3 nitrogen and oxygen atoms in total. The second kappa shape index (κ2) is 4.77. The molecule has 14 heavy (non-hydrogen) atoms. The van der Waals surface area contributed by atoms with Gasteiger partial charge in [0.15, 0.2) is 0 Å². The van der Waals surface area contributed by atoms with Crippen LogP contribution in [0.3, 0.4) is 0 Å². The summed E-state index contributed by atoms with van der Waals surface area (Å²) in [5.74, 6) is 0.241. The molecular weight excluding hydrogens is 176 g/mol. The number of aliphatic hydroxyl groups excluding tert-OH is 1. The van der Waals surface area contributed by atoms with Gasteiger partial charge in [0.25, 0.3) is 0 Å². The van der Waals surface area contributed by atoms with Gasteiger partial charge in [0.2, 0.25) is 0 Å². The van der Waals surface area contributed by atoms with Gasteiger partial charge in [0.05, 0.1) is 0 Å². The highest BCUT2D eigenvalue weighted by atomic mass is 16.3. The first-order chi connectivity index (χ1) is 6.63. The fourth-order valence-corrected chi connectivity index (χ4v) is 1.18. The third-order valence-electron chi connectivity index (χ3n) is 2.15. The Bertz CT molecular complexity index is 306. The molecule has 0 radical (unpaired) electrons. The van der Waals surface area contributed by atoms with Gasteiger partial charge in [0, 0.05) is 13.6 Å². The minimum absolute atomic E-state index is 0.206. The molecule has 1 aromatic carbocycles. The maximum absolute atomic E-state index is 8.76. The molecule has 0 aromatic heterocycles. The molecule has 0 aliphatic carbocycles. The van der Waals surface area contributed by atoms with Gasteiger partial charge in [-0.3, -0.25) is 5.41 Å². The first kappa shape index (κ1) is 10.7. The molecule has 3 heteroatoms. The Morgan fingerprint density at radius 1 is 1.36 bits per heavy atom. The molecular formula is C11H16N2O. The molecule has 0 saturated heterocycles. The molecule has 0 aliphatic rings. The number of nitrogens with zero attached hydrogens (tertiary/aromatic N) is 1. The smallest absolute Gasteiger partial charge is 0.122 e. The van der Waals surface area contributed by atoms with Crippen molar-refractivity contribution in [2.75, 3.05) is 13.7 Å². The average molecular weight is 192 g/mol. The third-order valence-corrected chi connectivity index (χ3v) is 2.15. The highest BCUT2D eigenvalue weighted by Crippen LogP contribution is 2.05. The Morgan fingerprint density at radius 3 is 2.43 bits per heavy atom. The van der Waals surface area contributed by atoms with E-state index in [1.807, 2.05) is 31.2 Å². The fraction of sp³-hybridized carbons (Fsp3) is 0.364. The number of likely N-dealkylation sites (N-methyl/N-ethyl adjacent to an activating group) is 1. The number of aryl methyl sites for hydroxylation is 1. The highest BCUT2D eigenvalue weighted by molar-refractivity contribution is 5.79. The molecule has 0 heterocycles. The van der Waals surface area contributed by atoms with Gasteiger partial charge in [0.1, 0.15) is 12.4 Å². The van der Waals surface area contributed by atoms with Crippen LogP contribution < -0.4 is 0 Å². The summed E-state index contributed by atoms with van der Waals surface area (Å²) in [5, 5.41) is 16.2. The van der Waals surface area contributed by atoms with Crippen LogP contribution in [0, 0.1) is 12.3 Å². The molecule has 0 unspecified atom stereocenters. The quantitative estimate of drug-likeness (QED) is 0.561. The Morgan fingerprint density at radius 2 is 1.93 bits per heavy atom. The van der Waals surface area contributed by atoms with Crippen LogP contribution in [0.1, 0.15) is 11.1 Å². The van der Waals surface area contributed by atoms with E-state index in [0.717, 1.165) is 5.56 Å². The van der Waals surface area contributed by atoms with Crippen LogP contribution in [-0.2, 0) is 6.54 Å². The van der Waals surface area contributed by atoms with Crippen LogP contribution in [0.25, 0.3) is 0 Å². The number of rotatable bonds is 3. The van der Waals surface area contributed by atoms with Gasteiger partial charge in [-0.2, -0.15) is 0 Å². The molecule has 1 rings (SSSR count). The molecule has 0 spiro atoms. The van der Waals surface area contributed by atoms with E-state index in [-0.39, 0.29) is 12.4 Å². The normalized spacial score (nSPS) is 9.93. The zero-order valence-corrected chi connectivity index (χ0v) is 8.62. The van der Waals surface area contributed by atoms with Crippen molar-refractivity contribution in [3.63, 3.8) is 0 Å². The van der Waals surface area contributed by atoms with Crippen LogP contribution in [0.5, 0.6) is 0 Å². The number of nitrogens with one attached hydrogen (secondary N) is 1. The molecule has 0 atom stereocenters. The maximum Gasteiger partial charge on any atom is 0.122 e. The van der Waals surface area contributed by atoms with Crippen LogP contribution in [0.15, 0.2) is 24.3 Å². The van der Waals surface area contributed by atoms with Gasteiger partial charge in [-0.05, 0) is 12.5 Å². The summed E-state index contributed by atoms with van der Waals surface area (Å²) >= 11 is 0. The lowest BCUT2D eigenvalue weighted by atomic mass is 10.1. The van der Waals surface area contributed by atoms with Crippen LogP contribution in [0.4, 0.5) is 0 Å². The average Bonchev–Trinajstić information content (AvgIpc) is 2.20. The van der Waals surface area contributed by atoms with Crippen molar-refractivity contribution >= 4 is 5.84 Å². The van der Waals surface area contributed by atoms with E-state index in [1.165, 1.54) is 5.56 Å². The Hall–Kier alpha value is -1.35. The lowest BCUT2D eigenvalue weighted by Crippen LogP contribution is -2.27. The monoisotopic (exact) mass is 192 g/mol. The van der Waals surface area contributed by atoms with Crippen LogP contribution >= 0.6 is 0 Å². The topological polar surface area (TPSA) is 47.3 Å². The lowest BCUT2D eigenvalue weighted by Gasteiger charge is -2.18. The number of hydrogen-bond acceptors (Lipinski definition) is 2. The van der Waals surface area contributed by atoms with Crippen molar-refractivity contribution in [3.05, 3.63) is 35.4 Å². The van der Waals surface area contributed by atoms with Crippen LogP contribution in [0.2, 0.25) is 0 Å². The molecule has 0 bridgehead atoms. The van der Waals surface area contributed by atoms with Gasteiger partial charge in [-0.25, -0.2) is 0 Å².